The minimum absolute atomic E-state index is 0.799. The van der Waals surface area contributed by atoms with Crippen molar-refractivity contribution in [3.63, 3.8) is 0 Å². The van der Waals surface area contributed by atoms with Gasteiger partial charge in [-0.05, 0) is 49.3 Å². The first-order valence-corrected chi connectivity index (χ1v) is 7.38. The second kappa shape index (κ2) is 5.31. The minimum Gasteiger partial charge on any atom is -0.371 e. The molecule has 1 aliphatic carbocycles. The first-order chi connectivity index (χ1) is 8.81. The fraction of sp³-hybridized carbons (Fsp3) is 0.625. The van der Waals surface area contributed by atoms with Crippen molar-refractivity contribution in [3.05, 3.63) is 29.8 Å². The van der Waals surface area contributed by atoms with Crippen LogP contribution in [0.1, 0.15) is 38.2 Å². The van der Waals surface area contributed by atoms with Gasteiger partial charge in [0.05, 0.1) is 0 Å². The van der Waals surface area contributed by atoms with Crippen LogP contribution in [0.15, 0.2) is 24.3 Å². The van der Waals surface area contributed by atoms with E-state index in [1.807, 2.05) is 0 Å². The Morgan fingerprint density at radius 2 is 1.94 bits per heavy atom. The van der Waals surface area contributed by atoms with Crippen LogP contribution in [0, 0.1) is 5.92 Å². The van der Waals surface area contributed by atoms with Gasteiger partial charge in [-0.1, -0.05) is 19.1 Å². The molecule has 0 amide bonds. The molecule has 1 heterocycles. The Hall–Kier alpha value is -1.02. The lowest BCUT2D eigenvalue weighted by molar-refractivity contribution is 0.447. The van der Waals surface area contributed by atoms with Crippen LogP contribution in [-0.4, -0.2) is 19.1 Å². The largest absolute Gasteiger partial charge is 0.371 e. The Morgan fingerprint density at radius 3 is 2.61 bits per heavy atom. The molecule has 2 aliphatic rings. The fourth-order valence-electron chi connectivity index (χ4n) is 2.80. The Kier molecular flexibility index (Phi) is 3.55. The smallest absolute Gasteiger partial charge is 0.0366 e. The highest BCUT2D eigenvalue weighted by Gasteiger charge is 2.20. The quantitative estimate of drug-likeness (QED) is 0.875. The molecular weight excluding hydrogens is 220 g/mol. The zero-order valence-corrected chi connectivity index (χ0v) is 11.4. The third kappa shape index (κ3) is 3.05. The van der Waals surface area contributed by atoms with Crippen LogP contribution in [0.25, 0.3) is 0 Å². The van der Waals surface area contributed by atoms with Crippen molar-refractivity contribution in [1.29, 1.82) is 0 Å². The molecule has 2 fully saturated rings. The first kappa shape index (κ1) is 12.0. The lowest BCUT2D eigenvalue weighted by atomic mass is 9.99. The molecule has 0 bridgehead atoms. The van der Waals surface area contributed by atoms with Gasteiger partial charge >= 0.3 is 0 Å². The van der Waals surface area contributed by atoms with Gasteiger partial charge in [-0.3, -0.25) is 0 Å². The van der Waals surface area contributed by atoms with E-state index in [0.717, 1.165) is 18.5 Å². The van der Waals surface area contributed by atoms with Crippen LogP contribution in [0.5, 0.6) is 0 Å². The molecule has 1 saturated heterocycles. The van der Waals surface area contributed by atoms with Crippen LogP contribution >= 0.6 is 0 Å². The normalized spacial score (nSPS) is 24.3. The standard InChI is InChI=1S/C16H24N2/c1-13-3-2-10-18(12-13)16-8-4-14(5-9-16)11-17-15-6-7-15/h4-5,8-9,13,15,17H,2-3,6-7,10-12H2,1H3. The van der Waals surface area contributed by atoms with Gasteiger partial charge in [0, 0.05) is 31.4 Å². The molecule has 98 valence electrons. The molecule has 18 heavy (non-hydrogen) atoms. The van der Waals surface area contributed by atoms with E-state index < -0.39 is 0 Å². The Bertz CT molecular complexity index is 381. The summed E-state index contributed by atoms with van der Waals surface area (Å²) in [5.41, 5.74) is 2.81. The molecule has 1 aromatic carbocycles. The van der Waals surface area contributed by atoms with Gasteiger partial charge in [0.2, 0.25) is 0 Å². The average molecular weight is 244 g/mol. The topological polar surface area (TPSA) is 15.3 Å². The number of benzene rings is 1. The van der Waals surface area contributed by atoms with Gasteiger partial charge in [0.25, 0.3) is 0 Å². The molecule has 0 spiro atoms. The third-order valence-corrected chi connectivity index (χ3v) is 4.13. The number of nitrogens with zero attached hydrogens (tertiary/aromatic N) is 1. The summed E-state index contributed by atoms with van der Waals surface area (Å²) in [5, 5.41) is 3.57. The van der Waals surface area contributed by atoms with E-state index >= 15 is 0 Å². The molecule has 3 rings (SSSR count). The second-order valence-corrected chi connectivity index (χ2v) is 6.02. The van der Waals surface area contributed by atoms with Crippen molar-refractivity contribution in [3.8, 4) is 0 Å². The number of hydrogen-bond donors (Lipinski definition) is 1. The number of piperidine rings is 1. The zero-order chi connectivity index (χ0) is 12.4. The van der Waals surface area contributed by atoms with Gasteiger partial charge in [0.15, 0.2) is 0 Å². The molecule has 1 aromatic rings. The van der Waals surface area contributed by atoms with Gasteiger partial charge in [-0.25, -0.2) is 0 Å². The molecule has 0 aromatic heterocycles. The van der Waals surface area contributed by atoms with Gasteiger partial charge in [-0.2, -0.15) is 0 Å². The van der Waals surface area contributed by atoms with Crippen molar-refractivity contribution < 1.29 is 0 Å². The Labute approximate surface area is 110 Å². The summed E-state index contributed by atoms with van der Waals surface area (Å²) < 4.78 is 0. The van der Waals surface area contributed by atoms with E-state index in [4.69, 9.17) is 0 Å². The summed E-state index contributed by atoms with van der Waals surface area (Å²) in [7, 11) is 0. The fourth-order valence-corrected chi connectivity index (χ4v) is 2.80. The zero-order valence-electron chi connectivity index (χ0n) is 11.4. The maximum Gasteiger partial charge on any atom is 0.0366 e. The molecule has 2 nitrogen and oxygen atoms in total. The van der Waals surface area contributed by atoms with E-state index in [9.17, 15) is 0 Å². The highest BCUT2D eigenvalue weighted by molar-refractivity contribution is 5.48. The lowest BCUT2D eigenvalue weighted by Crippen LogP contribution is -2.34. The highest BCUT2D eigenvalue weighted by atomic mass is 15.1. The van der Waals surface area contributed by atoms with E-state index in [-0.39, 0.29) is 0 Å². The summed E-state index contributed by atoms with van der Waals surface area (Å²) >= 11 is 0. The van der Waals surface area contributed by atoms with Crippen molar-refractivity contribution in [2.75, 3.05) is 18.0 Å². The van der Waals surface area contributed by atoms with Crippen LogP contribution in [0.4, 0.5) is 5.69 Å². The summed E-state index contributed by atoms with van der Waals surface area (Å²) in [4.78, 5) is 2.53. The van der Waals surface area contributed by atoms with Gasteiger partial charge in [-0.15, -0.1) is 0 Å². The highest BCUT2D eigenvalue weighted by Crippen LogP contribution is 2.23. The molecule has 0 radical (unpaired) electrons. The molecule has 1 aliphatic heterocycles. The molecule has 1 N–H and O–H groups in total. The van der Waals surface area contributed by atoms with Crippen LogP contribution in [0.3, 0.4) is 0 Å². The van der Waals surface area contributed by atoms with Crippen LogP contribution in [-0.2, 0) is 6.54 Å². The number of nitrogens with one attached hydrogen (secondary N) is 1. The SMILES string of the molecule is CC1CCCN(c2ccc(CNC3CC3)cc2)C1. The lowest BCUT2D eigenvalue weighted by Gasteiger charge is -2.32. The number of hydrogen-bond acceptors (Lipinski definition) is 2. The second-order valence-electron chi connectivity index (χ2n) is 6.02. The third-order valence-electron chi connectivity index (χ3n) is 4.13. The molecule has 2 heteroatoms. The monoisotopic (exact) mass is 244 g/mol. The Balaban J connectivity index is 1.58. The predicted octanol–water partition coefficient (Wildman–Crippen LogP) is 3.17. The molecule has 1 atom stereocenters. The number of rotatable bonds is 4. The van der Waals surface area contributed by atoms with Crippen molar-refractivity contribution in [2.45, 2.75) is 45.2 Å². The molecular formula is C16H24N2. The first-order valence-electron chi connectivity index (χ1n) is 7.38. The average Bonchev–Trinajstić information content (AvgIpc) is 3.21. The summed E-state index contributed by atoms with van der Waals surface area (Å²) in [6.07, 6.45) is 5.46. The molecule has 1 saturated carbocycles. The summed E-state index contributed by atoms with van der Waals surface area (Å²) in [6, 6.07) is 9.95. The van der Waals surface area contributed by atoms with E-state index in [1.54, 1.807) is 0 Å². The summed E-state index contributed by atoms with van der Waals surface area (Å²) in [6.45, 7) is 5.84. The van der Waals surface area contributed by atoms with Crippen molar-refractivity contribution in [2.24, 2.45) is 5.92 Å². The van der Waals surface area contributed by atoms with Crippen molar-refractivity contribution in [1.82, 2.24) is 5.32 Å². The van der Waals surface area contributed by atoms with E-state index in [0.29, 0.717) is 0 Å². The minimum atomic E-state index is 0.799. The predicted molar refractivity (Wildman–Crippen MR) is 76.9 cm³/mol. The van der Waals surface area contributed by atoms with Crippen molar-refractivity contribution >= 4 is 5.69 Å². The van der Waals surface area contributed by atoms with E-state index in [2.05, 4.69) is 41.4 Å². The Morgan fingerprint density at radius 1 is 1.17 bits per heavy atom. The van der Waals surface area contributed by atoms with Crippen LogP contribution < -0.4 is 10.2 Å². The number of anilines is 1. The van der Waals surface area contributed by atoms with Crippen LogP contribution in [0.2, 0.25) is 0 Å². The summed E-state index contributed by atoms with van der Waals surface area (Å²) in [5.74, 6) is 0.843. The maximum atomic E-state index is 3.57. The van der Waals surface area contributed by atoms with Gasteiger partial charge in [0.1, 0.15) is 0 Å². The van der Waals surface area contributed by atoms with Gasteiger partial charge < -0.3 is 10.2 Å². The molecule has 1 unspecified atom stereocenters. The van der Waals surface area contributed by atoms with E-state index in [1.165, 1.54) is 50.0 Å². The maximum absolute atomic E-state index is 3.57.